The molecule has 17 heavy (non-hydrogen) atoms. The summed E-state index contributed by atoms with van der Waals surface area (Å²) in [7, 11) is 0. The van der Waals surface area contributed by atoms with E-state index in [1.165, 1.54) is 0 Å². The maximum atomic E-state index is 12.9. The molecule has 0 atom stereocenters. The second kappa shape index (κ2) is 4.20. The maximum Gasteiger partial charge on any atom is 0.261 e. The van der Waals surface area contributed by atoms with Crippen molar-refractivity contribution in [2.45, 2.75) is 6.92 Å². The summed E-state index contributed by atoms with van der Waals surface area (Å²) in [6.07, 6.45) is 0. The van der Waals surface area contributed by atoms with E-state index >= 15 is 0 Å². The molecule has 1 heterocycles. The number of aromatic nitrogens is 3. The molecule has 2 rings (SSSR count). The Kier molecular flexibility index (Phi) is 2.73. The third kappa shape index (κ3) is 2.39. The summed E-state index contributed by atoms with van der Waals surface area (Å²) in [6, 6.07) is 3.10. The average Bonchev–Trinajstić information content (AvgIpc) is 2.67. The first-order valence-corrected chi connectivity index (χ1v) is 4.75. The first-order valence-electron chi connectivity index (χ1n) is 4.75. The Hall–Kier alpha value is -2.44. The first-order chi connectivity index (χ1) is 8.06. The number of aryl methyl sites for hydroxylation is 1. The van der Waals surface area contributed by atoms with Gasteiger partial charge in [-0.2, -0.15) is 4.98 Å². The number of aromatic amines is 1. The number of benzene rings is 1. The van der Waals surface area contributed by atoms with Crippen LogP contribution in [0, 0.1) is 12.7 Å². The smallest absolute Gasteiger partial charge is 0.261 e. The number of phenolic OH excluding ortho intramolecular Hbond substituents is 1. The molecule has 0 aliphatic heterocycles. The zero-order valence-corrected chi connectivity index (χ0v) is 8.86. The summed E-state index contributed by atoms with van der Waals surface area (Å²) in [6.45, 7) is 1.67. The molecule has 1 aromatic heterocycles. The molecule has 3 N–H and O–H groups in total. The number of nitrogens with one attached hydrogen (secondary N) is 2. The highest BCUT2D eigenvalue weighted by atomic mass is 19.1. The SMILES string of the molecule is Cc1nc(NC(=O)c2cc(F)ccc2O)n[nH]1. The van der Waals surface area contributed by atoms with Gasteiger partial charge in [-0.1, -0.05) is 0 Å². The van der Waals surface area contributed by atoms with Crippen LogP contribution in [0.25, 0.3) is 0 Å². The Balaban J connectivity index is 2.22. The van der Waals surface area contributed by atoms with Crippen molar-refractivity contribution < 1.29 is 14.3 Å². The van der Waals surface area contributed by atoms with E-state index in [-0.39, 0.29) is 17.3 Å². The Labute approximate surface area is 95.5 Å². The standard InChI is InChI=1S/C10H9FN4O2/c1-5-12-10(15-14-5)13-9(17)7-4-6(11)2-3-8(7)16/h2-4,16H,1H3,(H2,12,13,14,15,17). The topological polar surface area (TPSA) is 90.9 Å². The van der Waals surface area contributed by atoms with Crippen molar-refractivity contribution in [3.63, 3.8) is 0 Å². The van der Waals surface area contributed by atoms with Crippen LogP contribution < -0.4 is 5.32 Å². The molecule has 1 aromatic carbocycles. The average molecular weight is 236 g/mol. The molecule has 0 saturated carbocycles. The number of aromatic hydroxyl groups is 1. The van der Waals surface area contributed by atoms with Gasteiger partial charge in [0.25, 0.3) is 5.91 Å². The fraction of sp³-hybridized carbons (Fsp3) is 0.100. The van der Waals surface area contributed by atoms with Gasteiger partial charge < -0.3 is 5.11 Å². The Bertz CT molecular complexity index is 567. The van der Waals surface area contributed by atoms with Crippen molar-refractivity contribution >= 4 is 11.9 Å². The zero-order chi connectivity index (χ0) is 12.4. The predicted octanol–water partition coefficient (Wildman–Crippen LogP) is 1.21. The van der Waals surface area contributed by atoms with Crippen LogP contribution in [0.4, 0.5) is 10.3 Å². The number of halogens is 1. The van der Waals surface area contributed by atoms with Crippen molar-refractivity contribution in [3.8, 4) is 5.75 Å². The van der Waals surface area contributed by atoms with E-state index in [4.69, 9.17) is 0 Å². The summed E-state index contributed by atoms with van der Waals surface area (Å²) in [5, 5.41) is 18.0. The quantitative estimate of drug-likeness (QED) is 0.730. The lowest BCUT2D eigenvalue weighted by molar-refractivity contribution is 0.102. The van der Waals surface area contributed by atoms with Gasteiger partial charge >= 0.3 is 0 Å². The predicted molar refractivity (Wildman–Crippen MR) is 57.1 cm³/mol. The number of amides is 1. The number of carbonyl (C=O) groups excluding carboxylic acids is 1. The number of hydrogen-bond acceptors (Lipinski definition) is 4. The van der Waals surface area contributed by atoms with Crippen LogP contribution >= 0.6 is 0 Å². The first kappa shape index (κ1) is 11.1. The monoisotopic (exact) mass is 236 g/mol. The largest absolute Gasteiger partial charge is 0.507 e. The van der Waals surface area contributed by atoms with Gasteiger partial charge in [-0.25, -0.2) is 4.39 Å². The van der Waals surface area contributed by atoms with Crippen LogP contribution in [0.1, 0.15) is 16.2 Å². The minimum absolute atomic E-state index is 0.0659. The Morgan fingerprint density at radius 3 is 2.94 bits per heavy atom. The fourth-order valence-electron chi connectivity index (χ4n) is 1.26. The molecule has 0 unspecified atom stereocenters. The third-order valence-corrected chi connectivity index (χ3v) is 2.03. The highest BCUT2D eigenvalue weighted by molar-refractivity contribution is 6.05. The van der Waals surface area contributed by atoms with Crippen LogP contribution in [0.2, 0.25) is 0 Å². The molecule has 0 saturated heterocycles. The second-order valence-corrected chi connectivity index (χ2v) is 3.36. The van der Waals surface area contributed by atoms with Crippen molar-refractivity contribution in [2.24, 2.45) is 0 Å². The second-order valence-electron chi connectivity index (χ2n) is 3.36. The highest BCUT2D eigenvalue weighted by Gasteiger charge is 2.14. The van der Waals surface area contributed by atoms with Crippen LogP contribution in [-0.2, 0) is 0 Å². The number of hydrogen-bond donors (Lipinski definition) is 3. The number of H-pyrrole nitrogens is 1. The summed E-state index contributed by atoms with van der Waals surface area (Å²) >= 11 is 0. The highest BCUT2D eigenvalue weighted by Crippen LogP contribution is 2.18. The molecule has 0 fully saturated rings. The molecule has 1 amide bonds. The van der Waals surface area contributed by atoms with Crippen molar-refractivity contribution in [1.29, 1.82) is 0 Å². The van der Waals surface area contributed by atoms with Gasteiger partial charge in [0.05, 0.1) is 5.56 Å². The van der Waals surface area contributed by atoms with E-state index in [9.17, 15) is 14.3 Å². The van der Waals surface area contributed by atoms with Gasteiger partial charge in [0, 0.05) is 0 Å². The van der Waals surface area contributed by atoms with E-state index in [1.807, 2.05) is 0 Å². The molecule has 0 radical (unpaired) electrons. The molecule has 7 heteroatoms. The van der Waals surface area contributed by atoms with Crippen LogP contribution in [0.3, 0.4) is 0 Å². The molecule has 2 aromatic rings. The van der Waals surface area contributed by atoms with E-state index in [2.05, 4.69) is 20.5 Å². The molecule has 0 aliphatic carbocycles. The van der Waals surface area contributed by atoms with Gasteiger partial charge in [0.15, 0.2) is 0 Å². The van der Waals surface area contributed by atoms with Crippen molar-refractivity contribution in [3.05, 3.63) is 35.4 Å². The maximum absolute atomic E-state index is 12.9. The van der Waals surface area contributed by atoms with Crippen molar-refractivity contribution in [1.82, 2.24) is 15.2 Å². The molecule has 88 valence electrons. The van der Waals surface area contributed by atoms with Gasteiger partial charge in [-0.15, -0.1) is 5.10 Å². The summed E-state index contributed by atoms with van der Waals surface area (Å²) in [5.74, 6) is -1.00. The van der Waals surface area contributed by atoms with Gasteiger partial charge in [0.1, 0.15) is 17.4 Å². The van der Waals surface area contributed by atoms with E-state index in [1.54, 1.807) is 6.92 Å². The van der Waals surface area contributed by atoms with Gasteiger partial charge in [-0.05, 0) is 25.1 Å². The summed E-state index contributed by atoms with van der Waals surface area (Å²) in [5.41, 5.74) is -0.174. The zero-order valence-electron chi connectivity index (χ0n) is 8.86. The van der Waals surface area contributed by atoms with Crippen molar-refractivity contribution in [2.75, 3.05) is 5.32 Å². The third-order valence-electron chi connectivity index (χ3n) is 2.03. The molecular weight excluding hydrogens is 227 g/mol. The fourth-order valence-corrected chi connectivity index (χ4v) is 1.26. The number of carbonyl (C=O) groups is 1. The minimum Gasteiger partial charge on any atom is -0.507 e. The van der Waals surface area contributed by atoms with Crippen LogP contribution in [-0.4, -0.2) is 26.2 Å². The molecule has 6 nitrogen and oxygen atoms in total. The van der Waals surface area contributed by atoms with E-state index < -0.39 is 11.7 Å². The molecule has 0 aliphatic rings. The Morgan fingerprint density at radius 1 is 1.53 bits per heavy atom. The molecular formula is C10H9FN4O2. The number of phenols is 1. The van der Waals surface area contributed by atoms with Gasteiger partial charge in [-0.3, -0.25) is 15.2 Å². The van der Waals surface area contributed by atoms with E-state index in [0.717, 1.165) is 18.2 Å². The molecule has 0 spiro atoms. The lowest BCUT2D eigenvalue weighted by Crippen LogP contribution is -2.13. The Morgan fingerprint density at radius 2 is 2.29 bits per heavy atom. The number of rotatable bonds is 2. The normalized spacial score (nSPS) is 10.2. The van der Waals surface area contributed by atoms with Crippen LogP contribution in [0.15, 0.2) is 18.2 Å². The lowest BCUT2D eigenvalue weighted by Gasteiger charge is -2.03. The van der Waals surface area contributed by atoms with Gasteiger partial charge in [0.2, 0.25) is 5.95 Å². The number of nitrogens with zero attached hydrogens (tertiary/aromatic N) is 2. The number of anilines is 1. The lowest BCUT2D eigenvalue weighted by atomic mass is 10.2. The summed E-state index contributed by atoms with van der Waals surface area (Å²) < 4.78 is 12.9. The summed E-state index contributed by atoms with van der Waals surface area (Å²) in [4.78, 5) is 15.5. The van der Waals surface area contributed by atoms with Crippen LogP contribution in [0.5, 0.6) is 5.75 Å². The minimum atomic E-state index is -0.680. The molecule has 0 bridgehead atoms. The van der Waals surface area contributed by atoms with E-state index in [0.29, 0.717) is 5.82 Å².